The van der Waals surface area contributed by atoms with Crippen molar-refractivity contribution in [2.24, 2.45) is 11.8 Å². The molecule has 0 bridgehead atoms. The number of nitrogens with one attached hydrogen (secondary N) is 1. The van der Waals surface area contributed by atoms with Gasteiger partial charge in [-0.1, -0.05) is 13.0 Å². The van der Waals surface area contributed by atoms with Gasteiger partial charge in [-0.05, 0) is 24.1 Å². The smallest absolute Gasteiger partial charge is 0.308 e. The van der Waals surface area contributed by atoms with Gasteiger partial charge in [-0.2, -0.15) is 0 Å². The maximum Gasteiger partial charge on any atom is 0.308 e. The Morgan fingerprint density at radius 2 is 2.00 bits per heavy atom. The quantitative estimate of drug-likeness (QED) is 0.882. The molecular formula is C15H18N2O4. The first kappa shape index (κ1) is 15.0. The third kappa shape index (κ3) is 3.39. The average Bonchev–Trinajstić information content (AvgIpc) is 2.79. The minimum Gasteiger partial charge on any atom is -0.481 e. The molecule has 21 heavy (non-hydrogen) atoms. The van der Waals surface area contributed by atoms with Gasteiger partial charge in [0.25, 0.3) is 5.91 Å². The van der Waals surface area contributed by atoms with Crippen molar-refractivity contribution in [3.05, 3.63) is 29.8 Å². The van der Waals surface area contributed by atoms with Crippen LogP contribution >= 0.6 is 0 Å². The highest BCUT2D eigenvalue weighted by Crippen LogP contribution is 2.25. The molecule has 1 saturated heterocycles. The first-order valence-corrected chi connectivity index (χ1v) is 6.78. The van der Waals surface area contributed by atoms with Gasteiger partial charge in [0.1, 0.15) is 0 Å². The molecule has 1 fully saturated rings. The van der Waals surface area contributed by atoms with E-state index in [1.807, 2.05) is 6.92 Å². The van der Waals surface area contributed by atoms with Crippen LogP contribution in [0.2, 0.25) is 0 Å². The van der Waals surface area contributed by atoms with Gasteiger partial charge in [-0.25, -0.2) is 0 Å². The molecule has 112 valence electrons. The zero-order valence-corrected chi connectivity index (χ0v) is 12.0. The zero-order valence-electron chi connectivity index (χ0n) is 12.0. The highest BCUT2D eigenvalue weighted by atomic mass is 16.4. The number of likely N-dealkylation sites (tertiary alicyclic amines) is 1. The van der Waals surface area contributed by atoms with Crippen molar-refractivity contribution in [1.29, 1.82) is 0 Å². The van der Waals surface area contributed by atoms with E-state index in [9.17, 15) is 14.4 Å². The van der Waals surface area contributed by atoms with Gasteiger partial charge >= 0.3 is 5.97 Å². The minimum atomic E-state index is -0.871. The molecule has 2 amide bonds. The van der Waals surface area contributed by atoms with Gasteiger partial charge in [0, 0.05) is 31.3 Å². The highest BCUT2D eigenvalue weighted by molar-refractivity contribution is 5.97. The molecule has 1 aromatic rings. The number of amides is 2. The number of anilines is 1. The van der Waals surface area contributed by atoms with Gasteiger partial charge < -0.3 is 15.3 Å². The molecule has 0 aromatic heterocycles. The molecule has 0 aliphatic carbocycles. The molecule has 0 spiro atoms. The number of rotatable bonds is 3. The van der Waals surface area contributed by atoms with Gasteiger partial charge in [-0.3, -0.25) is 14.4 Å². The van der Waals surface area contributed by atoms with E-state index in [1.165, 1.54) is 6.92 Å². The molecule has 2 rings (SSSR count). The molecule has 6 nitrogen and oxygen atoms in total. The summed E-state index contributed by atoms with van der Waals surface area (Å²) in [5.74, 6) is -1.87. The van der Waals surface area contributed by atoms with Crippen LogP contribution in [0.1, 0.15) is 24.2 Å². The Hall–Kier alpha value is -2.37. The molecule has 1 heterocycles. The summed E-state index contributed by atoms with van der Waals surface area (Å²) in [6, 6.07) is 6.65. The van der Waals surface area contributed by atoms with Crippen LogP contribution in [0, 0.1) is 11.8 Å². The Labute approximate surface area is 122 Å². The third-order valence-electron chi connectivity index (χ3n) is 3.65. The van der Waals surface area contributed by atoms with E-state index in [1.54, 1.807) is 29.2 Å². The van der Waals surface area contributed by atoms with Crippen molar-refractivity contribution in [1.82, 2.24) is 4.90 Å². The molecule has 2 unspecified atom stereocenters. The molecule has 1 aliphatic heterocycles. The molecule has 1 aliphatic rings. The topological polar surface area (TPSA) is 86.7 Å². The Balaban J connectivity index is 2.14. The molecular weight excluding hydrogens is 272 g/mol. The fourth-order valence-corrected chi connectivity index (χ4v) is 2.57. The van der Waals surface area contributed by atoms with Crippen molar-refractivity contribution in [2.45, 2.75) is 13.8 Å². The summed E-state index contributed by atoms with van der Waals surface area (Å²) in [7, 11) is 0. The highest BCUT2D eigenvalue weighted by Gasteiger charge is 2.37. The molecule has 0 radical (unpaired) electrons. The van der Waals surface area contributed by atoms with Crippen molar-refractivity contribution >= 4 is 23.5 Å². The molecule has 0 saturated carbocycles. The van der Waals surface area contributed by atoms with E-state index < -0.39 is 11.9 Å². The number of carbonyl (C=O) groups excluding carboxylic acids is 2. The second kappa shape index (κ2) is 5.95. The summed E-state index contributed by atoms with van der Waals surface area (Å²) in [4.78, 5) is 36.1. The monoisotopic (exact) mass is 290 g/mol. The lowest BCUT2D eigenvalue weighted by atomic mass is 9.99. The van der Waals surface area contributed by atoms with Crippen molar-refractivity contribution < 1.29 is 19.5 Å². The van der Waals surface area contributed by atoms with Crippen LogP contribution in [0.4, 0.5) is 5.69 Å². The summed E-state index contributed by atoms with van der Waals surface area (Å²) in [6.07, 6.45) is 0. The van der Waals surface area contributed by atoms with E-state index in [4.69, 9.17) is 5.11 Å². The van der Waals surface area contributed by atoms with Gasteiger partial charge in [0.15, 0.2) is 0 Å². The maximum atomic E-state index is 12.4. The number of nitrogens with zero attached hydrogens (tertiary/aromatic N) is 1. The Kier molecular flexibility index (Phi) is 4.26. The Morgan fingerprint density at radius 3 is 2.57 bits per heavy atom. The van der Waals surface area contributed by atoms with E-state index in [0.717, 1.165) is 0 Å². The predicted octanol–water partition coefficient (Wildman–Crippen LogP) is 1.44. The van der Waals surface area contributed by atoms with Crippen LogP contribution in [0.15, 0.2) is 24.3 Å². The lowest BCUT2D eigenvalue weighted by molar-refractivity contribution is -0.142. The molecule has 2 N–H and O–H groups in total. The van der Waals surface area contributed by atoms with Crippen molar-refractivity contribution in [2.75, 3.05) is 18.4 Å². The van der Waals surface area contributed by atoms with E-state index in [0.29, 0.717) is 17.8 Å². The molecule has 6 heteroatoms. The van der Waals surface area contributed by atoms with Crippen LogP contribution in [0.5, 0.6) is 0 Å². The molecule has 2 atom stereocenters. The van der Waals surface area contributed by atoms with Crippen molar-refractivity contribution in [3.63, 3.8) is 0 Å². The number of aliphatic carboxylic acids is 1. The van der Waals surface area contributed by atoms with Gasteiger partial charge in [0.2, 0.25) is 5.91 Å². The minimum absolute atomic E-state index is 0.0648. The molecule has 1 aromatic carbocycles. The standard InChI is InChI=1S/C15H18N2O4/c1-9-7-17(8-13(9)15(20)21)14(19)11-4-3-5-12(6-11)16-10(2)18/h3-6,9,13H,7-8H2,1-2H3,(H,16,18)(H,20,21). The van der Waals surface area contributed by atoms with E-state index in [-0.39, 0.29) is 24.3 Å². The summed E-state index contributed by atoms with van der Waals surface area (Å²) >= 11 is 0. The Morgan fingerprint density at radius 1 is 1.29 bits per heavy atom. The second-order valence-electron chi connectivity index (χ2n) is 5.39. The number of carboxylic acids is 1. The van der Waals surface area contributed by atoms with Crippen LogP contribution in [0.3, 0.4) is 0 Å². The van der Waals surface area contributed by atoms with Crippen molar-refractivity contribution in [3.8, 4) is 0 Å². The fourth-order valence-electron chi connectivity index (χ4n) is 2.57. The SMILES string of the molecule is CC(=O)Nc1cccc(C(=O)N2CC(C)C(C(=O)O)C2)c1. The first-order valence-electron chi connectivity index (χ1n) is 6.78. The van der Waals surface area contributed by atoms with E-state index >= 15 is 0 Å². The maximum absolute atomic E-state index is 12.4. The van der Waals surface area contributed by atoms with Crippen LogP contribution in [-0.2, 0) is 9.59 Å². The van der Waals surface area contributed by atoms with E-state index in [2.05, 4.69) is 5.32 Å². The normalized spacial score (nSPS) is 21.1. The number of carbonyl (C=O) groups is 3. The summed E-state index contributed by atoms with van der Waals surface area (Å²) < 4.78 is 0. The van der Waals surface area contributed by atoms with Gasteiger partial charge in [-0.15, -0.1) is 0 Å². The summed E-state index contributed by atoms with van der Waals surface area (Å²) in [6.45, 7) is 3.88. The lowest BCUT2D eigenvalue weighted by Crippen LogP contribution is -2.30. The third-order valence-corrected chi connectivity index (χ3v) is 3.65. The van der Waals surface area contributed by atoms with Gasteiger partial charge in [0.05, 0.1) is 5.92 Å². The van der Waals surface area contributed by atoms with Crippen LogP contribution < -0.4 is 5.32 Å². The largest absolute Gasteiger partial charge is 0.481 e. The number of carboxylic acid groups (broad SMARTS) is 1. The average molecular weight is 290 g/mol. The van der Waals surface area contributed by atoms with Crippen LogP contribution in [-0.4, -0.2) is 40.9 Å². The Bertz CT molecular complexity index is 585. The second-order valence-corrected chi connectivity index (χ2v) is 5.39. The summed E-state index contributed by atoms with van der Waals surface area (Å²) in [5, 5.41) is 11.7. The fraction of sp³-hybridized carbons (Fsp3) is 0.400. The lowest BCUT2D eigenvalue weighted by Gasteiger charge is -2.16. The first-order chi connectivity index (χ1) is 9.88. The number of hydrogen-bond acceptors (Lipinski definition) is 3. The van der Waals surface area contributed by atoms with Crippen LogP contribution in [0.25, 0.3) is 0 Å². The predicted molar refractivity (Wildman–Crippen MR) is 76.9 cm³/mol. The number of benzene rings is 1. The zero-order chi connectivity index (χ0) is 15.6. The number of hydrogen-bond donors (Lipinski definition) is 2. The summed E-state index contributed by atoms with van der Waals surface area (Å²) in [5.41, 5.74) is 0.995.